The van der Waals surface area contributed by atoms with E-state index in [1.807, 2.05) is 0 Å². The molecular weight excluding hydrogens is 442 g/mol. The number of hydrogen-bond acceptors (Lipinski definition) is 4. The lowest BCUT2D eigenvalue weighted by Crippen LogP contribution is -2.25. The van der Waals surface area contributed by atoms with Crippen molar-refractivity contribution in [1.82, 2.24) is 10.3 Å². The number of amides is 1. The summed E-state index contributed by atoms with van der Waals surface area (Å²) in [6.45, 7) is 2.06. The van der Waals surface area contributed by atoms with Crippen molar-refractivity contribution in [2.24, 2.45) is 0 Å². The first kappa shape index (κ1) is 23.2. The molecule has 1 N–H and O–H groups in total. The molecule has 1 aromatic heterocycles. The summed E-state index contributed by atoms with van der Waals surface area (Å²) in [7, 11) is 0. The first-order valence-corrected chi connectivity index (χ1v) is 9.31. The lowest BCUT2D eigenvalue weighted by molar-refractivity contribution is -0.274. The number of hydrogen-bond donors (Lipinski definition) is 1. The van der Waals surface area contributed by atoms with E-state index in [0.29, 0.717) is 6.42 Å². The molecule has 170 valence electrons. The van der Waals surface area contributed by atoms with Crippen LogP contribution < -0.4 is 10.1 Å². The highest BCUT2D eigenvalue weighted by atomic mass is 19.4. The molecule has 3 aromatic rings. The van der Waals surface area contributed by atoms with Crippen LogP contribution in [0.3, 0.4) is 0 Å². The van der Waals surface area contributed by atoms with Gasteiger partial charge in [0.1, 0.15) is 5.75 Å². The van der Waals surface area contributed by atoms with Gasteiger partial charge >= 0.3 is 12.5 Å². The average Bonchev–Trinajstić information content (AvgIpc) is 3.16. The van der Waals surface area contributed by atoms with Crippen molar-refractivity contribution < 1.29 is 40.3 Å². The van der Waals surface area contributed by atoms with Crippen LogP contribution in [0.25, 0.3) is 22.8 Å². The van der Waals surface area contributed by atoms with E-state index in [9.17, 15) is 31.1 Å². The minimum Gasteiger partial charge on any atom is -0.435 e. The second kappa shape index (κ2) is 8.93. The highest BCUT2D eigenvalue weighted by molar-refractivity contribution is 5.99. The predicted molar refractivity (Wildman–Crippen MR) is 102 cm³/mol. The number of carbonyl (C=O) groups excluding carboxylic acids is 1. The molecule has 11 heteroatoms. The quantitative estimate of drug-likeness (QED) is 0.456. The van der Waals surface area contributed by atoms with Crippen LogP contribution >= 0.6 is 0 Å². The molecule has 0 radical (unpaired) electrons. The summed E-state index contributed by atoms with van der Waals surface area (Å²) in [6.07, 6.45) is -8.98. The van der Waals surface area contributed by atoms with Crippen molar-refractivity contribution in [3.05, 3.63) is 59.8 Å². The van der Waals surface area contributed by atoms with Gasteiger partial charge in [-0.1, -0.05) is 19.1 Å². The Morgan fingerprint density at radius 1 is 1.03 bits per heavy atom. The molecule has 2 aromatic carbocycles. The highest BCUT2D eigenvalue weighted by Crippen LogP contribution is 2.38. The normalized spacial score (nSPS) is 12.0. The number of aromatic nitrogens is 1. The van der Waals surface area contributed by atoms with Gasteiger partial charge in [-0.15, -0.1) is 13.2 Å². The maximum atomic E-state index is 12.8. The summed E-state index contributed by atoms with van der Waals surface area (Å²) < 4.78 is 86.5. The van der Waals surface area contributed by atoms with E-state index in [2.05, 4.69) is 15.0 Å². The lowest BCUT2D eigenvalue weighted by atomic mass is 10.1. The molecule has 0 saturated heterocycles. The molecule has 0 bridgehead atoms. The molecular formula is C21H16F6N2O3. The molecule has 0 saturated carbocycles. The third-order valence-electron chi connectivity index (χ3n) is 4.19. The van der Waals surface area contributed by atoms with Gasteiger partial charge < -0.3 is 14.5 Å². The number of alkyl halides is 6. The Morgan fingerprint density at radius 2 is 1.69 bits per heavy atom. The van der Waals surface area contributed by atoms with Crippen molar-refractivity contribution in [1.29, 1.82) is 0 Å². The lowest BCUT2D eigenvalue weighted by Gasteiger charge is -2.12. The summed E-state index contributed by atoms with van der Waals surface area (Å²) in [6, 6.07) is 8.77. The van der Waals surface area contributed by atoms with Crippen LogP contribution in [0.2, 0.25) is 0 Å². The van der Waals surface area contributed by atoms with E-state index >= 15 is 0 Å². The zero-order valence-electron chi connectivity index (χ0n) is 16.5. The van der Waals surface area contributed by atoms with Gasteiger partial charge in [-0.2, -0.15) is 13.2 Å². The van der Waals surface area contributed by atoms with Crippen LogP contribution in [0.1, 0.15) is 29.4 Å². The molecule has 1 heterocycles. The number of carbonyl (C=O) groups is 1. The standard InChI is InChI=1S/C21H16F6N2O3/c1-2-11-28-18(30)16-17(14-5-3-4-6-15(14)32-21(25,26)27)31-19(29-16)12-7-9-13(10-8-12)20(22,23)24/h3-10H,2,11H2,1H3,(H,28,30). The Balaban J connectivity index is 2.10. The van der Waals surface area contributed by atoms with Gasteiger partial charge in [0.15, 0.2) is 11.5 Å². The molecule has 0 fully saturated rings. The van der Waals surface area contributed by atoms with Crippen molar-refractivity contribution in [3.8, 4) is 28.5 Å². The van der Waals surface area contributed by atoms with E-state index in [1.54, 1.807) is 6.92 Å². The van der Waals surface area contributed by atoms with E-state index in [1.165, 1.54) is 18.2 Å². The number of oxazole rings is 1. The first-order valence-electron chi connectivity index (χ1n) is 9.31. The summed E-state index contributed by atoms with van der Waals surface area (Å²) >= 11 is 0. The van der Waals surface area contributed by atoms with E-state index in [-0.39, 0.29) is 35.0 Å². The summed E-state index contributed by atoms with van der Waals surface area (Å²) in [4.78, 5) is 16.6. The van der Waals surface area contributed by atoms with Gasteiger partial charge in [-0.3, -0.25) is 4.79 Å². The second-order valence-corrected chi connectivity index (χ2v) is 6.57. The number of nitrogens with zero attached hydrogens (tertiary/aromatic N) is 1. The van der Waals surface area contributed by atoms with Gasteiger partial charge in [0.05, 0.1) is 11.1 Å². The SMILES string of the molecule is CCCNC(=O)c1nc(-c2ccc(C(F)(F)F)cc2)oc1-c1ccccc1OC(F)(F)F. The van der Waals surface area contributed by atoms with Crippen LogP contribution in [0.5, 0.6) is 5.75 Å². The molecule has 0 spiro atoms. The minimum absolute atomic E-state index is 0.100. The number of rotatable bonds is 6. The maximum Gasteiger partial charge on any atom is 0.573 e. The molecule has 0 atom stereocenters. The maximum absolute atomic E-state index is 12.8. The van der Waals surface area contributed by atoms with E-state index in [4.69, 9.17) is 4.42 Å². The minimum atomic E-state index is -5.00. The number of halogens is 6. The molecule has 0 unspecified atom stereocenters. The molecule has 0 aliphatic rings. The Labute approximate surface area is 178 Å². The fraction of sp³-hybridized carbons (Fsp3) is 0.238. The molecule has 0 aliphatic carbocycles. The first-order chi connectivity index (χ1) is 15.0. The smallest absolute Gasteiger partial charge is 0.435 e. The Morgan fingerprint density at radius 3 is 2.28 bits per heavy atom. The predicted octanol–water partition coefficient (Wildman–Crippen LogP) is 6.07. The van der Waals surface area contributed by atoms with Crippen LogP contribution in [0.15, 0.2) is 52.9 Å². The Kier molecular flexibility index (Phi) is 6.47. The summed E-state index contributed by atoms with van der Waals surface area (Å²) in [5.74, 6) is -1.89. The molecule has 0 aliphatic heterocycles. The van der Waals surface area contributed by atoms with Gasteiger partial charge in [-0.05, 0) is 42.8 Å². The fourth-order valence-corrected chi connectivity index (χ4v) is 2.77. The number of ether oxygens (including phenoxy) is 1. The fourth-order valence-electron chi connectivity index (χ4n) is 2.77. The van der Waals surface area contributed by atoms with Crippen LogP contribution in [-0.4, -0.2) is 23.8 Å². The second-order valence-electron chi connectivity index (χ2n) is 6.57. The number of para-hydroxylation sites is 1. The van der Waals surface area contributed by atoms with Crippen LogP contribution in [-0.2, 0) is 6.18 Å². The van der Waals surface area contributed by atoms with Crippen LogP contribution in [0, 0.1) is 0 Å². The largest absolute Gasteiger partial charge is 0.573 e. The van der Waals surface area contributed by atoms with Crippen molar-refractivity contribution in [2.45, 2.75) is 25.9 Å². The molecule has 3 rings (SSSR count). The van der Waals surface area contributed by atoms with Gasteiger partial charge in [0.2, 0.25) is 5.89 Å². The van der Waals surface area contributed by atoms with Crippen molar-refractivity contribution in [3.63, 3.8) is 0 Å². The van der Waals surface area contributed by atoms with Gasteiger partial charge in [0.25, 0.3) is 5.91 Å². The molecule has 32 heavy (non-hydrogen) atoms. The van der Waals surface area contributed by atoms with Crippen molar-refractivity contribution >= 4 is 5.91 Å². The Bertz CT molecular complexity index is 1090. The highest BCUT2D eigenvalue weighted by Gasteiger charge is 2.34. The van der Waals surface area contributed by atoms with Crippen molar-refractivity contribution in [2.75, 3.05) is 6.54 Å². The third kappa shape index (κ3) is 5.40. The van der Waals surface area contributed by atoms with Gasteiger partial charge in [0, 0.05) is 12.1 Å². The van der Waals surface area contributed by atoms with E-state index < -0.39 is 29.8 Å². The van der Waals surface area contributed by atoms with E-state index in [0.717, 1.165) is 30.3 Å². The average molecular weight is 458 g/mol. The van der Waals surface area contributed by atoms with Crippen LogP contribution in [0.4, 0.5) is 26.3 Å². The molecule has 5 nitrogen and oxygen atoms in total. The topological polar surface area (TPSA) is 64.4 Å². The number of benzene rings is 2. The zero-order valence-corrected chi connectivity index (χ0v) is 16.5. The monoisotopic (exact) mass is 458 g/mol. The Hall–Kier alpha value is -3.50. The zero-order chi connectivity index (χ0) is 23.5. The molecule has 1 amide bonds. The summed E-state index contributed by atoms with van der Waals surface area (Å²) in [5.41, 5.74) is -1.33. The number of nitrogens with one attached hydrogen (secondary N) is 1. The summed E-state index contributed by atoms with van der Waals surface area (Å²) in [5, 5.41) is 2.55. The third-order valence-corrected chi connectivity index (χ3v) is 4.19. The van der Waals surface area contributed by atoms with Gasteiger partial charge in [-0.25, -0.2) is 4.98 Å².